The Bertz CT molecular complexity index is 653. The maximum Gasteiger partial charge on any atom is 0.415 e. The van der Waals surface area contributed by atoms with E-state index in [2.05, 4.69) is 4.74 Å². The largest absolute Gasteiger partial charge is 0.466 e. The van der Waals surface area contributed by atoms with Gasteiger partial charge in [0.1, 0.15) is 5.60 Å². The molecule has 0 bridgehead atoms. The van der Waals surface area contributed by atoms with Crippen molar-refractivity contribution in [1.29, 1.82) is 0 Å². The summed E-state index contributed by atoms with van der Waals surface area (Å²) in [7, 11) is 1.32. The van der Waals surface area contributed by atoms with Gasteiger partial charge < -0.3 is 9.47 Å². The lowest BCUT2D eigenvalue weighted by molar-refractivity contribution is -0.134. The number of hydrogen-bond acceptors (Lipinski definition) is 4. The summed E-state index contributed by atoms with van der Waals surface area (Å²) in [6.45, 7) is 5.72. The van der Waals surface area contributed by atoms with Crippen LogP contribution < -0.4 is 0 Å². The predicted octanol–water partition coefficient (Wildman–Crippen LogP) is 3.38. The van der Waals surface area contributed by atoms with E-state index in [4.69, 9.17) is 4.74 Å². The quantitative estimate of drug-likeness (QED) is 0.620. The zero-order chi connectivity index (χ0) is 17.0. The Balaban J connectivity index is 2.34. The normalized spacial score (nSPS) is 16.3. The first-order valence-electron chi connectivity index (χ1n) is 7.36. The zero-order valence-electron chi connectivity index (χ0n) is 13.8. The van der Waals surface area contributed by atoms with E-state index in [-0.39, 0.29) is 6.54 Å². The van der Waals surface area contributed by atoms with Crippen LogP contribution in [0.1, 0.15) is 26.3 Å². The fraction of sp³-hybridized carbons (Fsp3) is 0.333. The number of nitrogens with zero attached hydrogens (tertiary/aromatic N) is 1. The Kier molecular flexibility index (Phi) is 4.89. The molecule has 0 saturated carbocycles. The van der Waals surface area contributed by atoms with E-state index in [0.717, 1.165) is 5.56 Å². The SMILES string of the molecule is COC(=O)/C=C1/C=C(c2ccccc2)N(C(=O)OC(C)(C)C)C1. The lowest BCUT2D eigenvalue weighted by Gasteiger charge is -2.26. The Morgan fingerprint density at radius 2 is 1.83 bits per heavy atom. The molecule has 2 rings (SSSR count). The van der Waals surface area contributed by atoms with E-state index in [0.29, 0.717) is 11.3 Å². The van der Waals surface area contributed by atoms with Gasteiger partial charge in [0.2, 0.25) is 0 Å². The van der Waals surface area contributed by atoms with Gasteiger partial charge >= 0.3 is 12.1 Å². The molecule has 122 valence electrons. The standard InChI is InChI=1S/C18H21NO4/c1-18(2,3)23-17(21)19-12-13(11-16(20)22-4)10-15(19)14-8-6-5-7-9-14/h5-11H,12H2,1-4H3/b13-11-. The maximum atomic E-state index is 12.5. The van der Waals surface area contributed by atoms with Crippen LogP contribution >= 0.6 is 0 Å². The molecule has 1 heterocycles. The summed E-state index contributed by atoms with van der Waals surface area (Å²) in [5.41, 5.74) is 1.69. The minimum absolute atomic E-state index is 0.272. The van der Waals surface area contributed by atoms with Gasteiger partial charge in [0.15, 0.2) is 0 Å². The van der Waals surface area contributed by atoms with Gasteiger partial charge in [0.25, 0.3) is 0 Å². The van der Waals surface area contributed by atoms with Gasteiger partial charge in [-0.15, -0.1) is 0 Å². The first-order valence-corrected chi connectivity index (χ1v) is 7.36. The number of amides is 1. The Morgan fingerprint density at radius 3 is 2.39 bits per heavy atom. The van der Waals surface area contributed by atoms with E-state index < -0.39 is 17.7 Å². The van der Waals surface area contributed by atoms with E-state index >= 15 is 0 Å². The van der Waals surface area contributed by atoms with Gasteiger partial charge in [-0.05, 0) is 38.0 Å². The molecule has 0 aromatic heterocycles. The number of benzene rings is 1. The summed E-state index contributed by atoms with van der Waals surface area (Å²) in [4.78, 5) is 25.4. The Labute approximate surface area is 136 Å². The molecule has 0 radical (unpaired) electrons. The third kappa shape index (κ3) is 4.45. The van der Waals surface area contributed by atoms with E-state index in [1.807, 2.05) is 51.1 Å². The van der Waals surface area contributed by atoms with E-state index in [9.17, 15) is 9.59 Å². The highest BCUT2D eigenvalue weighted by Gasteiger charge is 2.30. The molecular formula is C18H21NO4. The maximum absolute atomic E-state index is 12.5. The summed E-state index contributed by atoms with van der Waals surface area (Å²) in [6, 6.07) is 9.51. The molecule has 0 spiro atoms. The van der Waals surface area contributed by atoms with Gasteiger partial charge in [-0.3, -0.25) is 4.90 Å². The van der Waals surface area contributed by atoms with Crippen LogP contribution in [0.5, 0.6) is 0 Å². The lowest BCUT2D eigenvalue weighted by Crippen LogP contribution is -2.34. The molecule has 1 amide bonds. The number of rotatable bonds is 2. The summed E-state index contributed by atoms with van der Waals surface area (Å²) < 4.78 is 10.1. The second-order valence-corrected chi connectivity index (χ2v) is 6.20. The van der Waals surface area contributed by atoms with Crippen molar-refractivity contribution in [2.75, 3.05) is 13.7 Å². The number of methoxy groups -OCH3 is 1. The lowest BCUT2D eigenvalue weighted by atomic mass is 10.1. The van der Waals surface area contributed by atoms with Crippen molar-refractivity contribution in [3.05, 3.63) is 53.6 Å². The topological polar surface area (TPSA) is 55.8 Å². The van der Waals surface area contributed by atoms with Crippen LogP contribution in [-0.2, 0) is 14.3 Å². The van der Waals surface area contributed by atoms with Crippen LogP contribution in [-0.4, -0.2) is 36.2 Å². The zero-order valence-corrected chi connectivity index (χ0v) is 13.8. The van der Waals surface area contributed by atoms with Gasteiger partial charge in [-0.1, -0.05) is 30.3 Å². The molecule has 1 aliphatic rings. The first kappa shape index (κ1) is 16.8. The summed E-state index contributed by atoms with van der Waals surface area (Å²) in [5.74, 6) is -0.449. The van der Waals surface area contributed by atoms with Gasteiger partial charge in [-0.25, -0.2) is 9.59 Å². The van der Waals surface area contributed by atoms with Gasteiger partial charge in [-0.2, -0.15) is 0 Å². The minimum Gasteiger partial charge on any atom is -0.466 e. The number of ether oxygens (including phenoxy) is 2. The second kappa shape index (κ2) is 6.69. The van der Waals surface area contributed by atoms with Crippen LogP contribution in [0.4, 0.5) is 4.79 Å². The molecule has 0 N–H and O–H groups in total. The molecule has 1 aromatic rings. The van der Waals surface area contributed by atoms with Crippen LogP contribution in [0, 0.1) is 0 Å². The third-order valence-electron chi connectivity index (χ3n) is 3.14. The van der Waals surface area contributed by atoms with Crippen molar-refractivity contribution in [2.24, 2.45) is 0 Å². The highest BCUT2D eigenvalue weighted by molar-refractivity contribution is 5.89. The van der Waals surface area contributed by atoms with Crippen molar-refractivity contribution >= 4 is 17.8 Å². The molecule has 5 nitrogen and oxygen atoms in total. The second-order valence-electron chi connectivity index (χ2n) is 6.20. The fourth-order valence-corrected chi connectivity index (χ4v) is 2.19. The average molecular weight is 315 g/mol. The minimum atomic E-state index is -0.590. The molecule has 23 heavy (non-hydrogen) atoms. The highest BCUT2D eigenvalue weighted by atomic mass is 16.6. The smallest absolute Gasteiger partial charge is 0.415 e. The number of hydrogen-bond donors (Lipinski definition) is 0. The van der Waals surface area contributed by atoms with Gasteiger partial charge in [0.05, 0.1) is 19.4 Å². The Hall–Kier alpha value is -2.56. The van der Waals surface area contributed by atoms with Crippen molar-refractivity contribution in [3.8, 4) is 0 Å². The van der Waals surface area contributed by atoms with Crippen LogP contribution in [0.3, 0.4) is 0 Å². The predicted molar refractivity (Wildman–Crippen MR) is 87.5 cm³/mol. The molecule has 0 atom stereocenters. The molecule has 5 heteroatoms. The average Bonchev–Trinajstić information content (AvgIpc) is 2.90. The van der Waals surface area contributed by atoms with Crippen LogP contribution in [0.2, 0.25) is 0 Å². The summed E-state index contributed by atoms with van der Waals surface area (Å²) in [5, 5.41) is 0. The molecule has 0 aliphatic carbocycles. The number of carbonyl (C=O) groups is 2. The number of carbonyl (C=O) groups excluding carboxylic acids is 2. The van der Waals surface area contributed by atoms with Crippen molar-refractivity contribution < 1.29 is 19.1 Å². The van der Waals surface area contributed by atoms with E-state index in [1.54, 1.807) is 6.08 Å². The van der Waals surface area contributed by atoms with Crippen molar-refractivity contribution in [3.63, 3.8) is 0 Å². The Morgan fingerprint density at radius 1 is 1.17 bits per heavy atom. The molecule has 0 unspecified atom stereocenters. The van der Waals surface area contributed by atoms with Crippen molar-refractivity contribution in [2.45, 2.75) is 26.4 Å². The van der Waals surface area contributed by atoms with Crippen LogP contribution in [0.15, 0.2) is 48.1 Å². The first-order chi connectivity index (χ1) is 10.8. The molecule has 0 saturated heterocycles. The monoisotopic (exact) mass is 315 g/mol. The number of esters is 1. The highest BCUT2D eigenvalue weighted by Crippen LogP contribution is 2.30. The molecule has 1 aliphatic heterocycles. The summed E-state index contributed by atoms with van der Waals surface area (Å²) >= 11 is 0. The molecule has 0 fully saturated rings. The van der Waals surface area contributed by atoms with Gasteiger partial charge in [0, 0.05) is 6.08 Å². The van der Waals surface area contributed by atoms with Crippen molar-refractivity contribution in [1.82, 2.24) is 4.90 Å². The molecular weight excluding hydrogens is 294 g/mol. The third-order valence-corrected chi connectivity index (χ3v) is 3.14. The van der Waals surface area contributed by atoms with E-state index in [1.165, 1.54) is 18.1 Å². The fourth-order valence-electron chi connectivity index (χ4n) is 2.19. The van der Waals surface area contributed by atoms with Crippen LogP contribution in [0.25, 0.3) is 5.70 Å². The summed E-state index contributed by atoms with van der Waals surface area (Å²) in [6.07, 6.45) is 2.74. The molecule has 1 aromatic carbocycles.